The van der Waals surface area contributed by atoms with Gasteiger partial charge in [-0.15, -0.1) is 0 Å². The lowest BCUT2D eigenvalue weighted by atomic mass is 10.1. The number of methoxy groups -OCH3 is 2. The minimum atomic E-state index is 0.579. The lowest BCUT2D eigenvalue weighted by Crippen LogP contribution is -2.15. The molecule has 0 bridgehead atoms. The molecule has 0 fully saturated rings. The van der Waals surface area contributed by atoms with Crippen molar-refractivity contribution in [1.29, 1.82) is 0 Å². The molecule has 1 aromatic heterocycles. The maximum Gasteiger partial charge on any atom is 0.162 e. The van der Waals surface area contributed by atoms with E-state index in [-0.39, 0.29) is 0 Å². The van der Waals surface area contributed by atoms with Gasteiger partial charge in [0.1, 0.15) is 12.1 Å². The van der Waals surface area contributed by atoms with Gasteiger partial charge >= 0.3 is 0 Å². The molecule has 26 heavy (non-hydrogen) atoms. The van der Waals surface area contributed by atoms with Gasteiger partial charge in [-0.05, 0) is 29.6 Å². The molecule has 8 nitrogen and oxygen atoms in total. The molecule has 0 aliphatic carbocycles. The highest BCUT2D eigenvalue weighted by molar-refractivity contribution is 5.94. The Hall–Kier alpha value is -3.51. The highest BCUT2D eigenvalue weighted by atomic mass is 16.5. The Labute approximate surface area is 149 Å². The molecule has 4 rings (SSSR count). The molecule has 1 aliphatic heterocycles. The van der Waals surface area contributed by atoms with E-state index in [2.05, 4.69) is 24.9 Å². The average Bonchev–Trinajstić information content (AvgIpc) is 3.09. The summed E-state index contributed by atoms with van der Waals surface area (Å²) in [5.74, 6) is 2.03. The predicted octanol–water partition coefficient (Wildman–Crippen LogP) is 4.28. The van der Waals surface area contributed by atoms with Crippen molar-refractivity contribution >= 4 is 28.1 Å². The Kier molecular flexibility index (Phi) is 3.95. The van der Waals surface area contributed by atoms with Crippen molar-refractivity contribution in [3.8, 4) is 11.5 Å². The van der Waals surface area contributed by atoms with Crippen LogP contribution < -0.4 is 14.4 Å². The number of azide groups is 1. The van der Waals surface area contributed by atoms with Crippen LogP contribution in [-0.4, -0.2) is 30.7 Å². The highest BCUT2D eigenvalue weighted by Gasteiger charge is 2.24. The smallest absolute Gasteiger partial charge is 0.162 e. The van der Waals surface area contributed by atoms with E-state index >= 15 is 0 Å². The molecule has 3 aromatic rings. The molecule has 130 valence electrons. The zero-order valence-electron chi connectivity index (χ0n) is 14.4. The molecule has 8 heteroatoms. The van der Waals surface area contributed by atoms with Crippen molar-refractivity contribution in [3.63, 3.8) is 0 Å². The minimum absolute atomic E-state index is 0.579. The Balaban J connectivity index is 1.89. The largest absolute Gasteiger partial charge is 0.493 e. The Morgan fingerprint density at radius 2 is 1.92 bits per heavy atom. The van der Waals surface area contributed by atoms with Crippen molar-refractivity contribution < 1.29 is 9.47 Å². The lowest BCUT2D eigenvalue weighted by molar-refractivity contribution is 0.356. The van der Waals surface area contributed by atoms with Gasteiger partial charge in [-0.3, -0.25) is 0 Å². The molecule has 2 heterocycles. The van der Waals surface area contributed by atoms with Gasteiger partial charge in [0.2, 0.25) is 0 Å². The number of benzene rings is 2. The van der Waals surface area contributed by atoms with Gasteiger partial charge in [0.05, 0.1) is 19.7 Å². The Bertz CT molecular complexity index is 1050. The fourth-order valence-electron chi connectivity index (χ4n) is 3.29. The molecule has 2 aromatic carbocycles. The second-order valence-corrected chi connectivity index (χ2v) is 5.83. The van der Waals surface area contributed by atoms with Gasteiger partial charge in [0.25, 0.3) is 0 Å². The van der Waals surface area contributed by atoms with Gasteiger partial charge in [-0.1, -0.05) is 17.2 Å². The summed E-state index contributed by atoms with van der Waals surface area (Å²) in [6.45, 7) is 0.787. The molecular weight excluding hydrogens is 332 g/mol. The number of ether oxygens (including phenoxy) is 2. The molecule has 0 amide bonds. The van der Waals surface area contributed by atoms with E-state index in [1.807, 2.05) is 30.3 Å². The van der Waals surface area contributed by atoms with Crippen molar-refractivity contribution in [1.82, 2.24) is 9.97 Å². The summed E-state index contributed by atoms with van der Waals surface area (Å²) in [5, 5.41) is 4.58. The van der Waals surface area contributed by atoms with Crippen LogP contribution in [0.25, 0.3) is 21.3 Å². The number of aromatic nitrogens is 2. The van der Waals surface area contributed by atoms with Gasteiger partial charge in [-0.2, -0.15) is 0 Å². The summed E-state index contributed by atoms with van der Waals surface area (Å²) in [6.07, 6.45) is 2.43. The van der Waals surface area contributed by atoms with Crippen LogP contribution in [0.3, 0.4) is 0 Å². The lowest BCUT2D eigenvalue weighted by Gasteiger charge is -2.20. The van der Waals surface area contributed by atoms with Crippen LogP contribution in [-0.2, 0) is 6.42 Å². The summed E-state index contributed by atoms with van der Waals surface area (Å²) in [5.41, 5.74) is 12.2. The predicted molar refractivity (Wildman–Crippen MR) is 98.6 cm³/mol. The zero-order valence-corrected chi connectivity index (χ0v) is 14.4. The molecule has 1 aliphatic rings. The van der Waals surface area contributed by atoms with Crippen LogP contribution in [0.5, 0.6) is 11.5 Å². The highest BCUT2D eigenvalue weighted by Crippen LogP contribution is 2.41. The summed E-state index contributed by atoms with van der Waals surface area (Å²) < 4.78 is 10.8. The summed E-state index contributed by atoms with van der Waals surface area (Å²) >= 11 is 0. The van der Waals surface area contributed by atoms with E-state index in [9.17, 15) is 0 Å². The van der Waals surface area contributed by atoms with Crippen LogP contribution in [0.4, 0.5) is 17.2 Å². The van der Waals surface area contributed by atoms with Crippen molar-refractivity contribution in [2.75, 3.05) is 25.7 Å². The molecule has 0 unspecified atom stereocenters. The number of anilines is 2. The van der Waals surface area contributed by atoms with Crippen LogP contribution in [0.15, 0.2) is 41.8 Å². The second kappa shape index (κ2) is 6.42. The third-order valence-corrected chi connectivity index (χ3v) is 4.50. The normalized spacial score (nSPS) is 12.6. The standard InChI is InChI=1S/C18H16N6O2/c1-25-16-8-13-14(9-17(16)26-2)20-10-21-18(13)24-6-5-11-3-4-12(22-23-19)7-15(11)24/h3-4,7-10H,5-6H2,1-2H3. The van der Waals surface area contributed by atoms with Gasteiger partial charge in [0.15, 0.2) is 11.5 Å². The fourth-order valence-corrected chi connectivity index (χ4v) is 3.29. The molecule has 0 saturated carbocycles. The number of hydrogen-bond acceptors (Lipinski definition) is 6. The van der Waals surface area contributed by atoms with Crippen LogP contribution >= 0.6 is 0 Å². The fraction of sp³-hybridized carbons (Fsp3) is 0.222. The molecule has 0 N–H and O–H groups in total. The summed E-state index contributed by atoms with van der Waals surface area (Å²) in [7, 11) is 3.20. The van der Waals surface area contributed by atoms with Crippen molar-refractivity contribution in [3.05, 3.63) is 52.7 Å². The average molecular weight is 348 g/mol. The third-order valence-electron chi connectivity index (χ3n) is 4.50. The van der Waals surface area contributed by atoms with E-state index in [0.717, 1.165) is 35.4 Å². The quantitative estimate of drug-likeness (QED) is 0.398. The maximum absolute atomic E-state index is 8.70. The first-order chi connectivity index (χ1) is 12.7. The minimum Gasteiger partial charge on any atom is -0.493 e. The van der Waals surface area contributed by atoms with E-state index in [0.29, 0.717) is 17.2 Å². The summed E-state index contributed by atoms with van der Waals surface area (Å²) in [4.78, 5) is 13.9. The summed E-state index contributed by atoms with van der Waals surface area (Å²) in [6, 6.07) is 9.43. The Morgan fingerprint density at radius 1 is 1.12 bits per heavy atom. The van der Waals surface area contributed by atoms with Crippen LogP contribution in [0, 0.1) is 0 Å². The third kappa shape index (κ3) is 2.53. The van der Waals surface area contributed by atoms with Gasteiger partial charge in [-0.25, -0.2) is 9.97 Å². The van der Waals surface area contributed by atoms with Crippen LogP contribution in [0.2, 0.25) is 0 Å². The van der Waals surface area contributed by atoms with Crippen molar-refractivity contribution in [2.24, 2.45) is 5.11 Å². The second-order valence-electron chi connectivity index (χ2n) is 5.83. The maximum atomic E-state index is 8.70. The van der Waals surface area contributed by atoms with Crippen molar-refractivity contribution in [2.45, 2.75) is 6.42 Å². The molecule has 0 saturated heterocycles. The molecular formula is C18H16N6O2. The first kappa shape index (κ1) is 16.0. The molecule has 0 spiro atoms. The first-order valence-electron chi connectivity index (χ1n) is 8.07. The number of rotatable bonds is 4. The van der Waals surface area contributed by atoms with E-state index in [1.54, 1.807) is 20.5 Å². The first-order valence-corrected chi connectivity index (χ1v) is 8.07. The number of fused-ring (bicyclic) bond motifs is 2. The van der Waals surface area contributed by atoms with E-state index in [4.69, 9.17) is 15.0 Å². The van der Waals surface area contributed by atoms with Crippen LogP contribution in [0.1, 0.15) is 5.56 Å². The number of nitrogens with zero attached hydrogens (tertiary/aromatic N) is 6. The van der Waals surface area contributed by atoms with Gasteiger partial charge in [0, 0.05) is 34.3 Å². The molecule has 0 radical (unpaired) electrons. The van der Waals surface area contributed by atoms with E-state index in [1.165, 1.54) is 5.56 Å². The topological polar surface area (TPSA) is 96.2 Å². The molecule has 0 atom stereocenters. The SMILES string of the molecule is COc1cc2ncnc(N3CCc4ccc(N=[N+]=[N-])cc43)c2cc1OC. The van der Waals surface area contributed by atoms with Gasteiger partial charge < -0.3 is 14.4 Å². The number of hydrogen-bond donors (Lipinski definition) is 0. The van der Waals surface area contributed by atoms with E-state index < -0.39 is 0 Å². The monoisotopic (exact) mass is 348 g/mol. The zero-order chi connectivity index (χ0) is 18.1. The Morgan fingerprint density at radius 3 is 2.69 bits per heavy atom.